The second kappa shape index (κ2) is 8.11. The van der Waals surface area contributed by atoms with Crippen LogP contribution in [0.4, 0.5) is 0 Å². The van der Waals surface area contributed by atoms with E-state index in [-0.39, 0.29) is 24.5 Å². The van der Waals surface area contributed by atoms with E-state index in [0.717, 1.165) is 12.8 Å². The molecule has 5 heteroatoms. The first kappa shape index (κ1) is 17.5. The summed E-state index contributed by atoms with van der Waals surface area (Å²) < 4.78 is 0. The van der Waals surface area contributed by atoms with Gasteiger partial charge in [0.1, 0.15) is 6.04 Å². The van der Waals surface area contributed by atoms with Gasteiger partial charge in [-0.15, -0.1) is 0 Å². The largest absolute Gasteiger partial charge is 0.394 e. The van der Waals surface area contributed by atoms with Gasteiger partial charge in [-0.2, -0.15) is 0 Å². The lowest BCUT2D eigenvalue weighted by atomic mass is 10.0. The van der Waals surface area contributed by atoms with Crippen LogP contribution in [0.15, 0.2) is 30.3 Å². The summed E-state index contributed by atoms with van der Waals surface area (Å²) >= 11 is 0. The van der Waals surface area contributed by atoms with Gasteiger partial charge in [0.15, 0.2) is 0 Å². The summed E-state index contributed by atoms with van der Waals surface area (Å²) in [4.78, 5) is 26.8. The number of aliphatic hydroxyl groups excluding tert-OH is 1. The fraction of sp³-hybridized carbons (Fsp3) is 0.556. The third-order valence-corrected chi connectivity index (χ3v) is 4.16. The third-order valence-electron chi connectivity index (χ3n) is 4.16. The Hall–Kier alpha value is -1.88. The summed E-state index contributed by atoms with van der Waals surface area (Å²) in [6, 6.07) is 8.35. The van der Waals surface area contributed by atoms with Gasteiger partial charge < -0.3 is 15.3 Å². The number of rotatable bonds is 6. The first-order valence-corrected chi connectivity index (χ1v) is 8.30. The summed E-state index contributed by atoms with van der Waals surface area (Å²) in [5, 5.41) is 12.3. The Kier molecular flexibility index (Phi) is 6.16. The van der Waals surface area contributed by atoms with E-state index in [9.17, 15) is 14.7 Å². The van der Waals surface area contributed by atoms with Gasteiger partial charge in [0.2, 0.25) is 5.91 Å². The molecule has 2 N–H and O–H groups in total. The van der Waals surface area contributed by atoms with Crippen molar-refractivity contribution in [3.05, 3.63) is 35.9 Å². The molecule has 0 aliphatic carbocycles. The number of amides is 2. The highest BCUT2D eigenvalue weighted by molar-refractivity contribution is 5.97. The van der Waals surface area contributed by atoms with E-state index in [1.54, 1.807) is 17.0 Å². The molecule has 1 aromatic carbocycles. The maximum Gasteiger partial charge on any atom is 0.254 e. The lowest BCUT2D eigenvalue weighted by molar-refractivity contribution is -0.126. The molecule has 2 amide bonds. The number of carbonyl (C=O) groups is 2. The van der Waals surface area contributed by atoms with Crippen molar-refractivity contribution < 1.29 is 14.7 Å². The average molecular weight is 318 g/mol. The number of hydrogen-bond donors (Lipinski definition) is 2. The SMILES string of the molecule is CC(C)C[C@@H](CO)NC(=O)[C@@H]1CCCN1C(=O)c1ccccc1. The molecule has 0 unspecified atom stereocenters. The third kappa shape index (κ3) is 4.55. The number of carbonyl (C=O) groups excluding carboxylic acids is 2. The highest BCUT2D eigenvalue weighted by atomic mass is 16.3. The Morgan fingerprint density at radius 2 is 2.00 bits per heavy atom. The van der Waals surface area contributed by atoms with Crippen LogP contribution in [0.3, 0.4) is 0 Å². The Morgan fingerprint density at radius 3 is 2.61 bits per heavy atom. The normalized spacial score (nSPS) is 19.0. The first-order chi connectivity index (χ1) is 11.0. The van der Waals surface area contributed by atoms with Crippen LogP contribution in [-0.4, -0.2) is 47.1 Å². The van der Waals surface area contributed by atoms with Gasteiger partial charge in [-0.1, -0.05) is 32.0 Å². The van der Waals surface area contributed by atoms with E-state index in [1.165, 1.54) is 0 Å². The van der Waals surface area contributed by atoms with E-state index >= 15 is 0 Å². The van der Waals surface area contributed by atoms with Crippen molar-refractivity contribution in [1.29, 1.82) is 0 Å². The number of nitrogens with zero attached hydrogens (tertiary/aromatic N) is 1. The van der Waals surface area contributed by atoms with Crippen LogP contribution in [0.25, 0.3) is 0 Å². The van der Waals surface area contributed by atoms with Gasteiger partial charge in [0.25, 0.3) is 5.91 Å². The van der Waals surface area contributed by atoms with Gasteiger partial charge in [0, 0.05) is 12.1 Å². The van der Waals surface area contributed by atoms with Crippen LogP contribution in [0, 0.1) is 5.92 Å². The van der Waals surface area contributed by atoms with Crippen molar-refractivity contribution >= 4 is 11.8 Å². The smallest absolute Gasteiger partial charge is 0.254 e. The molecule has 1 aromatic rings. The van der Waals surface area contributed by atoms with E-state index in [1.807, 2.05) is 18.2 Å². The maximum absolute atomic E-state index is 12.6. The summed E-state index contributed by atoms with van der Waals surface area (Å²) in [5.41, 5.74) is 0.605. The van der Waals surface area contributed by atoms with E-state index in [0.29, 0.717) is 24.4 Å². The predicted molar refractivity (Wildman–Crippen MR) is 89.0 cm³/mol. The zero-order valence-electron chi connectivity index (χ0n) is 13.9. The van der Waals surface area contributed by atoms with Crippen molar-refractivity contribution in [1.82, 2.24) is 10.2 Å². The minimum atomic E-state index is -0.441. The van der Waals surface area contributed by atoms with Crippen molar-refractivity contribution in [2.45, 2.75) is 45.2 Å². The molecule has 23 heavy (non-hydrogen) atoms. The van der Waals surface area contributed by atoms with Gasteiger partial charge in [0.05, 0.1) is 12.6 Å². The Labute approximate surface area is 137 Å². The molecule has 2 rings (SSSR count). The predicted octanol–water partition coefficient (Wildman–Crippen LogP) is 1.81. The first-order valence-electron chi connectivity index (χ1n) is 8.30. The molecular weight excluding hydrogens is 292 g/mol. The van der Waals surface area contributed by atoms with Gasteiger partial charge in [-0.3, -0.25) is 9.59 Å². The van der Waals surface area contributed by atoms with Gasteiger partial charge in [-0.05, 0) is 37.3 Å². The number of hydrogen-bond acceptors (Lipinski definition) is 3. The van der Waals surface area contributed by atoms with E-state index in [2.05, 4.69) is 19.2 Å². The number of nitrogens with one attached hydrogen (secondary N) is 1. The lowest BCUT2D eigenvalue weighted by Crippen LogP contribution is -2.50. The molecule has 1 aliphatic rings. The fourth-order valence-electron chi connectivity index (χ4n) is 3.07. The quantitative estimate of drug-likeness (QED) is 0.840. The molecule has 1 fully saturated rings. The molecule has 0 saturated carbocycles. The Balaban J connectivity index is 2.03. The summed E-state index contributed by atoms with van der Waals surface area (Å²) in [5.74, 6) is 0.122. The van der Waals surface area contributed by atoms with Crippen LogP contribution in [0.1, 0.15) is 43.5 Å². The van der Waals surface area contributed by atoms with Crippen molar-refractivity contribution in [3.8, 4) is 0 Å². The minimum absolute atomic E-state index is 0.0801. The van der Waals surface area contributed by atoms with Crippen LogP contribution in [0.2, 0.25) is 0 Å². The number of aliphatic hydroxyl groups is 1. The zero-order valence-corrected chi connectivity index (χ0v) is 13.9. The van der Waals surface area contributed by atoms with Crippen molar-refractivity contribution in [3.63, 3.8) is 0 Å². The topological polar surface area (TPSA) is 69.6 Å². The monoisotopic (exact) mass is 318 g/mol. The molecule has 5 nitrogen and oxygen atoms in total. The molecule has 0 spiro atoms. The van der Waals surface area contributed by atoms with E-state index < -0.39 is 6.04 Å². The Bertz CT molecular complexity index is 530. The average Bonchev–Trinajstić information content (AvgIpc) is 3.03. The van der Waals surface area contributed by atoms with E-state index in [4.69, 9.17) is 0 Å². The second-order valence-electron chi connectivity index (χ2n) is 6.54. The maximum atomic E-state index is 12.6. The molecule has 1 aliphatic heterocycles. The summed E-state index contributed by atoms with van der Waals surface area (Å²) in [6.45, 7) is 4.62. The molecular formula is C18H26N2O3. The molecule has 1 saturated heterocycles. The summed E-state index contributed by atoms with van der Waals surface area (Å²) in [7, 11) is 0. The Morgan fingerprint density at radius 1 is 1.30 bits per heavy atom. The standard InChI is InChI=1S/C18H26N2O3/c1-13(2)11-15(12-21)19-17(22)16-9-6-10-20(16)18(23)14-7-4-3-5-8-14/h3-5,7-8,13,15-16,21H,6,9-12H2,1-2H3,(H,19,22)/t15-,16-/m0/s1. The fourth-order valence-corrected chi connectivity index (χ4v) is 3.07. The van der Waals surface area contributed by atoms with Crippen LogP contribution >= 0.6 is 0 Å². The highest BCUT2D eigenvalue weighted by Crippen LogP contribution is 2.20. The molecule has 126 valence electrons. The molecule has 0 radical (unpaired) electrons. The zero-order chi connectivity index (χ0) is 16.8. The molecule has 2 atom stereocenters. The lowest BCUT2D eigenvalue weighted by Gasteiger charge is -2.26. The van der Waals surface area contributed by atoms with Gasteiger partial charge >= 0.3 is 0 Å². The van der Waals surface area contributed by atoms with Crippen LogP contribution in [0.5, 0.6) is 0 Å². The minimum Gasteiger partial charge on any atom is -0.394 e. The molecule has 1 heterocycles. The summed E-state index contributed by atoms with van der Waals surface area (Å²) in [6.07, 6.45) is 2.22. The number of likely N-dealkylation sites (tertiary alicyclic amines) is 1. The van der Waals surface area contributed by atoms with Crippen LogP contribution < -0.4 is 5.32 Å². The van der Waals surface area contributed by atoms with Crippen molar-refractivity contribution in [2.24, 2.45) is 5.92 Å². The van der Waals surface area contributed by atoms with Gasteiger partial charge in [-0.25, -0.2) is 0 Å². The highest BCUT2D eigenvalue weighted by Gasteiger charge is 2.35. The van der Waals surface area contributed by atoms with Crippen molar-refractivity contribution in [2.75, 3.05) is 13.2 Å². The van der Waals surface area contributed by atoms with Crippen LogP contribution in [-0.2, 0) is 4.79 Å². The molecule has 0 aromatic heterocycles. The number of benzene rings is 1. The second-order valence-corrected chi connectivity index (χ2v) is 6.54. The molecule has 0 bridgehead atoms.